The summed E-state index contributed by atoms with van der Waals surface area (Å²) in [7, 11) is 0. The van der Waals surface area contributed by atoms with Crippen molar-refractivity contribution in [3.63, 3.8) is 0 Å². The zero-order chi connectivity index (χ0) is 26.5. The van der Waals surface area contributed by atoms with Gasteiger partial charge in [0.05, 0.1) is 27.7 Å². The van der Waals surface area contributed by atoms with Crippen LogP contribution in [0, 0.1) is 11.2 Å². The Labute approximate surface area is 230 Å². The van der Waals surface area contributed by atoms with Crippen LogP contribution in [0.5, 0.6) is 0 Å². The number of halogens is 2. The molecular formula is C29H21ClFN5O2S. The number of Topliss-reactive ketones (excluding diaryl/α,β-unsaturated/α-hetero) is 1. The zero-order valence-electron chi connectivity index (χ0n) is 20.6. The number of H-pyrrole nitrogens is 1. The van der Waals surface area contributed by atoms with Crippen molar-refractivity contribution in [1.82, 2.24) is 24.1 Å². The molecule has 1 spiro atoms. The summed E-state index contributed by atoms with van der Waals surface area (Å²) in [6.45, 7) is 0. The Hall–Kier alpha value is -3.69. The van der Waals surface area contributed by atoms with Crippen LogP contribution in [0.2, 0.25) is 5.02 Å². The average molecular weight is 558 g/mol. The maximum absolute atomic E-state index is 15.6. The smallest absolute Gasteiger partial charge is 0.252 e. The first kappa shape index (κ1) is 23.2. The molecule has 7 nitrogen and oxygen atoms in total. The van der Waals surface area contributed by atoms with Crippen LogP contribution in [-0.2, 0) is 12.8 Å². The second-order valence-corrected chi connectivity index (χ2v) is 12.1. The molecule has 2 aliphatic carbocycles. The molecule has 2 aromatic carbocycles. The third-order valence-electron chi connectivity index (χ3n) is 8.58. The fourth-order valence-electron chi connectivity index (χ4n) is 6.49. The number of nitrogens with zero attached hydrogens (tertiary/aromatic N) is 4. The lowest BCUT2D eigenvalue weighted by atomic mass is 9.80. The number of fused-ring (bicyclic) bond motifs is 6. The summed E-state index contributed by atoms with van der Waals surface area (Å²) in [6.07, 6.45) is 5.77. The van der Waals surface area contributed by atoms with E-state index in [2.05, 4.69) is 19.6 Å². The van der Waals surface area contributed by atoms with E-state index in [0.717, 1.165) is 39.9 Å². The molecule has 3 aliphatic rings. The standard InChI is InChI=1S/C29H21ClFN5O2S/c30-17-3-1-15-11-29(7-8-29)12-22(37)26-16(25(15)27(17)31)10-24(38)36-20(26)4-5-21(36)28-32-13-19(33-28)14-2-6-23-18(9-14)34-35-39-23/h1-3,6,9-10,13,21H,4-5,7-8,11-12H2,(H,32,33)/t21-/m1/s1. The van der Waals surface area contributed by atoms with Crippen molar-refractivity contribution in [2.45, 2.75) is 44.6 Å². The Morgan fingerprint density at radius 1 is 1.10 bits per heavy atom. The Balaban J connectivity index is 1.27. The van der Waals surface area contributed by atoms with Crippen LogP contribution in [0.25, 0.3) is 32.6 Å². The third kappa shape index (κ3) is 3.49. The molecule has 10 heteroatoms. The quantitative estimate of drug-likeness (QED) is 0.281. The second kappa shape index (κ2) is 8.16. The van der Waals surface area contributed by atoms with Crippen molar-refractivity contribution >= 4 is 39.1 Å². The lowest BCUT2D eigenvalue weighted by Crippen LogP contribution is -2.28. The van der Waals surface area contributed by atoms with Gasteiger partial charge in [-0.2, -0.15) is 0 Å². The van der Waals surface area contributed by atoms with E-state index in [4.69, 9.17) is 11.6 Å². The summed E-state index contributed by atoms with van der Waals surface area (Å²) in [6, 6.07) is 10.4. The molecule has 0 saturated heterocycles. The van der Waals surface area contributed by atoms with Gasteiger partial charge < -0.3 is 9.55 Å². The molecule has 1 aliphatic heterocycles. The minimum atomic E-state index is -0.567. The Bertz CT molecular complexity index is 1920. The molecule has 0 unspecified atom stereocenters. The van der Waals surface area contributed by atoms with Crippen molar-refractivity contribution in [3.8, 4) is 22.4 Å². The van der Waals surface area contributed by atoms with Crippen molar-refractivity contribution in [2.75, 3.05) is 0 Å². The van der Waals surface area contributed by atoms with Gasteiger partial charge in [-0.1, -0.05) is 28.2 Å². The van der Waals surface area contributed by atoms with E-state index in [1.165, 1.54) is 17.6 Å². The number of carbonyl (C=O) groups excluding carboxylic acids is 1. The molecule has 194 valence electrons. The van der Waals surface area contributed by atoms with E-state index in [0.29, 0.717) is 53.9 Å². The van der Waals surface area contributed by atoms with Crippen LogP contribution in [0.3, 0.4) is 0 Å². The highest BCUT2D eigenvalue weighted by molar-refractivity contribution is 7.12. The van der Waals surface area contributed by atoms with Gasteiger partial charge in [0.15, 0.2) is 5.78 Å². The van der Waals surface area contributed by atoms with Crippen molar-refractivity contribution in [3.05, 3.63) is 86.4 Å². The first-order valence-corrected chi connectivity index (χ1v) is 14.1. The topological polar surface area (TPSA) is 93.5 Å². The molecule has 1 N–H and O–H groups in total. The molecule has 1 atom stereocenters. The van der Waals surface area contributed by atoms with E-state index in [1.807, 2.05) is 24.3 Å². The lowest BCUT2D eigenvalue weighted by molar-refractivity contribution is 0.0953. The van der Waals surface area contributed by atoms with E-state index < -0.39 is 5.82 Å². The summed E-state index contributed by atoms with van der Waals surface area (Å²) < 4.78 is 22.2. The van der Waals surface area contributed by atoms with Gasteiger partial charge in [-0.25, -0.2) is 9.37 Å². The predicted molar refractivity (Wildman–Crippen MR) is 147 cm³/mol. The minimum Gasteiger partial charge on any atom is -0.340 e. The molecule has 1 saturated carbocycles. The van der Waals surface area contributed by atoms with Crippen LogP contribution in [-0.4, -0.2) is 29.9 Å². The van der Waals surface area contributed by atoms with Gasteiger partial charge in [0.25, 0.3) is 5.56 Å². The zero-order valence-corrected chi connectivity index (χ0v) is 22.2. The van der Waals surface area contributed by atoms with Crippen LogP contribution in [0.1, 0.15) is 59.2 Å². The number of aromatic nitrogens is 5. The number of ketones is 1. The molecule has 1 fully saturated rings. The third-order valence-corrected chi connectivity index (χ3v) is 9.57. The van der Waals surface area contributed by atoms with Gasteiger partial charge in [0, 0.05) is 40.4 Å². The molecule has 8 rings (SSSR count). The van der Waals surface area contributed by atoms with Crippen LogP contribution in [0.4, 0.5) is 4.39 Å². The van der Waals surface area contributed by atoms with Gasteiger partial charge in [-0.05, 0) is 72.8 Å². The Morgan fingerprint density at radius 3 is 2.82 bits per heavy atom. The molecule has 5 aromatic rings. The Morgan fingerprint density at radius 2 is 1.97 bits per heavy atom. The molecule has 3 aromatic heterocycles. The monoisotopic (exact) mass is 557 g/mol. The number of nitrogens with one attached hydrogen (secondary N) is 1. The summed E-state index contributed by atoms with van der Waals surface area (Å²) in [4.78, 5) is 35.5. The number of hydrogen-bond donors (Lipinski definition) is 1. The maximum Gasteiger partial charge on any atom is 0.252 e. The van der Waals surface area contributed by atoms with Crippen molar-refractivity contribution in [1.29, 1.82) is 0 Å². The fraction of sp³-hybridized carbons (Fsp3) is 0.276. The highest BCUT2D eigenvalue weighted by atomic mass is 35.5. The van der Waals surface area contributed by atoms with Crippen LogP contribution >= 0.6 is 23.1 Å². The van der Waals surface area contributed by atoms with Crippen molar-refractivity contribution < 1.29 is 9.18 Å². The largest absolute Gasteiger partial charge is 0.340 e. The van der Waals surface area contributed by atoms with E-state index in [1.54, 1.807) is 16.8 Å². The van der Waals surface area contributed by atoms with Crippen LogP contribution < -0.4 is 5.56 Å². The number of aromatic amines is 1. The predicted octanol–water partition coefficient (Wildman–Crippen LogP) is 6.15. The lowest BCUT2D eigenvalue weighted by Gasteiger charge is -2.25. The van der Waals surface area contributed by atoms with Gasteiger partial charge >= 0.3 is 0 Å². The number of pyridine rings is 1. The SMILES string of the molecule is O=C1CC2(CC2)Cc2ccc(Cl)c(F)c2-c2cc(=O)n3c(c21)CC[C@@H]3c1ncc(-c2ccc3snnc3c2)[nH]1. The minimum absolute atomic E-state index is 0.00854. The molecule has 0 amide bonds. The van der Waals surface area contributed by atoms with Crippen molar-refractivity contribution in [2.24, 2.45) is 5.41 Å². The molecule has 0 radical (unpaired) electrons. The molecule has 0 bridgehead atoms. The highest BCUT2D eigenvalue weighted by Gasteiger charge is 2.47. The summed E-state index contributed by atoms with van der Waals surface area (Å²) in [5.74, 6) is 0.0545. The summed E-state index contributed by atoms with van der Waals surface area (Å²) >= 11 is 7.55. The normalized spacial score (nSPS) is 19.0. The number of carbonyl (C=O) groups is 1. The van der Waals surface area contributed by atoms with Gasteiger partial charge in [0.1, 0.15) is 17.2 Å². The maximum atomic E-state index is 15.6. The molecule has 4 heterocycles. The van der Waals surface area contributed by atoms with E-state index in [-0.39, 0.29) is 27.8 Å². The number of hydrogen-bond acceptors (Lipinski definition) is 6. The van der Waals surface area contributed by atoms with E-state index >= 15 is 4.39 Å². The number of rotatable bonds is 2. The summed E-state index contributed by atoms with van der Waals surface area (Å²) in [5.41, 5.74) is 4.72. The van der Waals surface area contributed by atoms with Gasteiger partial charge in [-0.3, -0.25) is 9.59 Å². The molecular weight excluding hydrogens is 537 g/mol. The van der Waals surface area contributed by atoms with Gasteiger partial charge in [-0.15, -0.1) is 5.10 Å². The molecule has 39 heavy (non-hydrogen) atoms. The number of imidazole rings is 1. The van der Waals surface area contributed by atoms with Gasteiger partial charge in [0.2, 0.25) is 0 Å². The first-order chi connectivity index (χ1) is 18.9. The average Bonchev–Trinajstić information content (AvgIpc) is 3.31. The van der Waals surface area contributed by atoms with E-state index in [9.17, 15) is 9.59 Å². The van der Waals surface area contributed by atoms with Crippen LogP contribution in [0.15, 0.2) is 47.4 Å². The number of benzene rings is 2. The second-order valence-electron chi connectivity index (χ2n) is 11.0. The highest BCUT2D eigenvalue weighted by Crippen LogP contribution is 2.55. The fourth-order valence-corrected chi connectivity index (χ4v) is 7.18. The Kier molecular flexibility index (Phi) is 4.86. The summed E-state index contributed by atoms with van der Waals surface area (Å²) in [5, 5.41) is 4.15. The first-order valence-electron chi connectivity index (χ1n) is 13.0.